The summed E-state index contributed by atoms with van der Waals surface area (Å²) in [6.07, 6.45) is 1.80. The number of imidazole rings is 1. The number of methoxy groups -OCH3 is 1. The second-order valence-corrected chi connectivity index (χ2v) is 4.65. The molecule has 1 unspecified atom stereocenters. The van der Waals surface area contributed by atoms with Crippen molar-refractivity contribution in [2.45, 2.75) is 12.5 Å². The number of aliphatic hydroxyl groups is 1. The van der Waals surface area contributed by atoms with Crippen LogP contribution in [0.2, 0.25) is 0 Å². The van der Waals surface area contributed by atoms with Crippen molar-refractivity contribution in [3.8, 4) is 5.75 Å². The fourth-order valence-electron chi connectivity index (χ4n) is 1.78. The van der Waals surface area contributed by atoms with Crippen molar-refractivity contribution in [3.05, 3.63) is 40.9 Å². The van der Waals surface area contributed by atoms with Crippen molar-refractivity contribution in [1.82, 2.24) is 9.97 Å². The number of anilines is 1. The van der Waals surface area contributed by atoms with E-state index in [9.17, 15) is 5.11 Å². The number of rotatable bonds is 6. The number of H-pyrrole nitrogens is 2. The third-order valence-corrected chi connectivity index (χ3v) is 2.94. The van der Waals surface area contributed by atoms with Gasteiger partial charge in [0.05, 0.1) is 13.2 Å². The van der Waals surface area contributed by atoms with Crippen molar-refractivity contribution in [3.63, 3.8) is 0 Å². The molecule has 0 aliphatic carbocycles. The van der Waals surface area contributed by atoms with Crippen LogP contribution in [-0.2, 0) is 6.42 Å². The van der Waals surface area contributed by atoms with Gasteiger partial charge in [-0.15, -0.1) is 0 Å². The zero-order valence-corrected chi connectivity index (χ0v) is 11.5. The van der Waals surface area contributed by atoms with E-state index in [1.54, 1.807) is 13.3 Å². The van der Waals surface area contributed by atoms with Gasteiger partial charge in [-0.05, 0) is 24.4 Å². The number of hydrogen-bond acceptors (Lipinski definition) is 4. The van der Waals surface area contributed by atoms with Crippen LogP contribution >= 0.6 is 12.2 Å². The van der Waals surface area contributed by atoms with Gasteiger partial charge in [-0.3, -0.25) is 0 Å². The maximum absolute atomic E-state index is 9.94. The highest BCUT2D eigenvalue weighted by Gasteiger charge is 2.06. The molecule has 0 amide bonds. The minimum atomic E-state index is -0.493. The topological polar surface area (TPSA) is 73.1 Å². The Morgan fingerprint density at radius 1 is 1.47 bits per heavy atom. The number of aromatic amines is 2. The summed E-state index contributed by atoms with van der Waals surface area (Å²) in [7, 11) is 1.63. The highest BCUT2D eigenvalue weighted by molar-refractivity contribution is 7.71. The van der Waals surface area contributed by atoms with Crippen LogP contribution in [0.1, 0.15) is 5.69 Å². The van der Waals surface area contributed by atoms with Crippen LogP contribution in [0.5, 0.6) is 5.75 Å². The van der Waals surface area contributed by atoms with Crippen molar-refractivity contribution in [2.24, 2.45) is 0 Å². The summed E-state index contributed by atoms with van der Waals surface area (Å²) in [6, 6.07) is 7.59. The van der Waals surface area contributed by atoms with Gasteiger partial charge in [-0.25, -0.2) is 0 Å². The maximum Gasteiger partial charge on any atom is 0.174 e. The second kappa shape index (κ2) is 6.40. The van der Waals surface area contributed by atoms with E-state index in [0.29, 0.717) is 17.7 Å². The van der Waals surface area contributed by atoms with E-state index >= 15 is 0 Å². The Balaban J connectivity index is 1.85. The number of nitrogens with one attached hydrogen (secondary N) is 3. The monoisotopic (exact) mass is 279 g/mol. The summed E-state index contributed by atoms with van der Waals surface area (Å²) >= 11 is 4.93. The Labute approximate surface area is 116 Å². The molecule has 0 saturated carbocycles. The highest BCUT2D eigenvalue weighted by atomic mass is 32.1. The third-order valence-electron chi connectivity index (χ3n) is 2.72. The molecule has 6 heteroatoms. The number of aromatic nitrogens is 2. The number of benzene rings is 1. The van der Waals surface area contributed by atoms with E-state index in [0.717, 1.165) is 17.1 Å². The lowest BCUT2D eigenvalue weighted by Crippen LogP contribution is -2.22. The lowest BCUT2D eigenvalue weighted by molar-refractivity contribution is 0.187. The molecule has 1 aromatic carbocycles. The van der Waals surface area contributed by atoms with Crippen molar-refractivity contribution >= 4 is 17.9 Å². The quantitative estimate of drug-likeness (QED) is 0.611. The Bertz CT molecular complexity index is 579. The van der Waals surface area contributed by atoms with Crippen molar-refractivity contribution < 1.29 is 9.84 Å². The first kappa shape index (κ1) is 13.6. The van der Waals surface area contributed by atoms with Crippen molar-refractivity contribution in [2.75, 3.05) is 19.0 Å². The van der Waals surface area contributed by atoms with Crippen LogP contribution in [0.25, 0.3) is 0 Å². The SMILES string of the molecule is COc1cccc(NCC(O)Cc2c[nH]c(=S)[nH]2)c1. The van der Waals surface area contributed by atoms with Gasteiger partial charge in [0.1, 0.15) is 5.75 Å². The normalized spacial score (nSPS) is 12.1. The molecular weight excluding hydrogens is 262 g/mol. The third kappa shape index (κ3) is 4.11. The van der Waals surface area contributed by atoms with Crippen LogP contribution in [0, 0.1) is 4.77 Å². The fraction of sp³-hybridized carbons (Fsp3) is 0.308. The molecule has 2 rings (SSSR count). The molecule has 0 radical (unpaired) electrons. The Morgan fingerprint density at radius 3 is 3.00 bits per heavy atom. The summed E-state index contributed by atoms with van der Waals surface area (Å²) in [4.78, 5) is 5.85. The maximum atomic E-state index is 9.94. The molecule has 2 aromatic rings. The van der Waals surface area contributed by atoms with E-state index in [1.165, 1.54) is 0 Å². The number of hydrogen-bond donors (Lipinski definition) is 4. The van der Waals surface area contributed by atoms with Crippen LogP contribution in [0.4, 0.5) is 5.69 Å². The van der Waals surface area contributed by atoms with Gasteiger partial charge in [-0.2, -0.15) is 0 Å². The van der Waals surface area contributed by atoms with Crippen LogP contribution in [-0.4, -0.2) is 34.8 Å². The molecular formula is C13H17N3O2S. The summed E-state index contributed by atoms with van der Waals surface area (Å²) in [6.45, 7) is 0.457. The van der Waals surface area contributed by atoms with Gasteiger partial charge in [-0.1, -0.05) is 6.07 Å². The van der Waals surface area contributed by atoms with Gasteiger partial charge in [0, 0.05) is 36.6 Å². The second-order valence-electron chi connectivity index (χ2n) is 4.24. The Hall–Kier alpha value is -1.79. The summed E-state index contributed by atoms with van der Waals surface area (Å²) < 4.78 is 5.71. The van der Waals surface area contributed by atoms with Crippen LogP contribution < -0.4 is 10.1 Å². The molecule has 0 aliphatic heterocycles. The number of ether oxygens (including phenoxy) is 1. The summed E-state index contributed by atoms with van der Waals surface area (Å²) in [5.74, 6) is 0.786. The predicted molar refractivity (Wildman–Crippen MR) is 77.2 cm³/mol. The molecule has 102 valence electrons. The molecule has 1 aromatic heterocycles. The average Bonchev–Trinajstić information content (AvgIpc) is 2.82. The van der Waals surface area contributed by atoms with Gasteiger partial charge in [0.2, 0.25) is 0 Å². The van der Waals surface area contributed by atoms with E-state index in [2.05, 4.69) is 15.3 Å². The molecule has 1 atom stereocenters. The fourth-order valence-corrected chi connectivity index (χ4v) is 1.97. The molecule has 0 bridgehead atoms. The average molecular weight is 279 g/mol. The lowest BCUT2D eigenvalue weighted by atomic mass is 10.2. The first-order valence-electron chi connectivity index (χ1n) is 6.00. The predicted octanol–water partition coefficient (Wildman–Crippen LogP) is 2.10. The smallest absolute Gasteiger partial charge is 0.174 e. The molecule has 0 spiro atoms. The van der Waals surface area contributed by atoms with Gasteiger partial charge < -0.3 is 25.1 Å². The van der Waals surface area contributed by atoms with Crippen LogP contribution in [0.3, 0.4) is 0 Å². The minimum absolute atomic E-state index is 0.457. The first-order chi connectivity index (χ1) is 9.17. The van der Waals surface area contributed by atoms with Crippen molar-refractivity contribution in [1.29, 1.82) is 0 Å². The zero-order chi connectivity index (χ0) is 13.7. The molecule has 4 N–H and O–H groups in total. The zero-order valence-electron chi connectivity index (χ0n) is 10.6. The van der Waals surface area contributed by atoms with Gasteiger partial charge in [0.25, 0.3) is 0 Å². The molecule has 5 nitrogen and oxygen atoms in total. The number of aliphatic hydroxyl groups excluding tert-OH is 1. The molecule has 19 heavy (non-hydrogen) atoms. The van der Waals surface area contributed by atoms with E-state index in [1.807, 2.05) is 24.3 Å². The largest absolute Gasteiger partial charge is 0.497 e. The molecule has 0 saturated heterocycles. The van der Waals surface area contributed by atoms with E-state index < -0.39 is 6.10 Å². The van der Waals surface area contributed by atoms with E-state index in [-0.39, 0.29) is 0 Å². The summed E-state index contributed by atoms with van der Waals surface area (Å²) in [5.41, 5.74) is 1.81. The summed E-state index contributed by atoms with van der Waals surface area (Å²) in [5, 5.41) is 13.1. The minimum Gasteiger partial charge on any atom is -0.497 e. The molecule has 0 fully saturated rings. The lowest BCUT2D eigenvalue weighted by Gasteiger charge is -2.12. The first-order valence-corrected chi connectivity index (χ1v) is 6.41. The Kier molecular flexibility index (Phi) is 4.59. The van der Waals surface area contributed by atoms with Gasteiger partial charge >= 0.3 is 0 Å². The molecule has 0 aliphatic rings. The highest BCUT2D eigenvalue weighted by Crippen LogP contribution is 2.16. The van der Waals surface area contributed by atoms with Gasteiger partial charge in [0.15, 0.2) is 4.77 Å². The molecule has 1 heterocycles. The standard InChI is InChI=1S/C13H17N3O2S/c1-18-12-4-2-3-9(6-12)14-8-11(17)5-10-7-15-13(19)16-10/h2-4,6-7,11,14,17H,5,8H2,1H3,(H2,15,16,19). The van der Waals surface area contributed by atoms with E-state index in [4.69, 9.17) is 17.0 Å². The van der Waals surface area contributed by atoms with Crippen LogP contribution in [0.15, 0.2) is 30.5 Å². The Morgan fingerprint density at radius 2 is 2.32 bits per heavy atom.